The van der Waals surface area contributed by atoms with Crippen molar-refractivity contribution >= 4 is 12.1 Å². The Balaban J connectivity index is 1.96. The molecule has 0 radical (unpaired) electrons. The van der Waals surface area contributed by atoms with Crippen LogP contribution in [0.2, 0.25) is 0 Å². The number of ether oxygens (including phenoxy) is 2. The van der Waals surface area contributed by atoms with Crippen LogP contribution >= 0.6 is 0 Å². The summed E-state index contributed by atoms with van der Waals surface area (Å²) in [4.78, 5) is 25.5. The molecule has 0 heterocycles. The number of amides is 1. The Bertz CT molecular complexity index is 824. The summed E-state index contributed by atoms with van der Waals surface area (Å²) in [6.07, 6.45) is -1.39. The van der Waals surface area contributed by atoms with E-state index in [-0.39, 0.29) is 6.54 Å². The van der Waals surface area contributed by atoms with Gasteiger partial charge >= 0.3 is 12.1 Å². The minimum absolute atomic E-state index is 0.0807. The van der Waals surface area contributed by atoms with Crippen LogP contribution in [0.25, 0.3) is 0 Å². The Morgan fingerprint density at radius 1 is 1.11 bits per heavy atom. The summed E-state index contributed by atoms with van der Waals surface area (Å²) < 4.78 is 10.6. The molecule has 0 aliphatic carbocycles. The number of aryl methyl sites for hydroxylation is 1. The van der Waals surface area contributed by atoms with E-state index in [1.165, 1.54) is 4.90 Å². The number of aliphatic hydroxyl groups excluding tert-OH is 1. The minimum atomic E-state index is -0.890. The van der Waals surface area contributed by atoms with Crippen LogP contribution in [0.1, 0.15) is 48.4 Å². The molecule has 0 aliphatic rings. The van der Waals surface area contributed by atoms with Gasteiger partial charge in [-0.2, -0.15) is 0 Å². The van der Waals surface area contributed by atoms with Crippen LogP contribution in [0.5, 0.6) is 5.75 Å². The summed E-state index contributed by atoms with van der Waals surface area (Å²) in [6.45, 7) is 7.34. The highest BCUT2D eigenvalue weighted by molar-refractivity contribution is 5.91. The first-order valence-electron chi connectivity index (χ1n) is 9.06. The summed E-state index contributed by atoms with van der Waals surface area (Å²) in [6, 6.07) is 13.7. The zero-order valence-corrected chi connectivity index (χ0v) is 16.9. The monoisotopic (exact) mass is 385 g/mol. The van der Waals surface area contributed by atoms with E-state index in [1.807, 2.05) is 13.0 Å². The second-order valence-corrected chi connectivity index (χ2v) is 7.70. The van der Waals surface area contributed by atoms with Crippen molar-refractivity contribution in [2.24, 2.45) is 0 Å². The third-order valence-corrected chi connectivity index (χ3v) is 3.88. The molecule has 6 heteroatoms. The van der Waals surface area contributed by atoms with Gasteiger partial charge in [0.05, 0.1) is 18.2 Å². The number of nitrogens with zero attached hydrogens (tertiary/aromatic N) is 1. The summed E-state index contributed by atoms with van der Waals surface area (Å²) in [5.41, 5.74) is 1.45. The number of carbonyl (C=O) groups excluding carboxylic acids is 2. The molecule has 28 heavy (non-hydrogen) atoms. The van der Waals surface area contributed by atoms with Gasteiger partial charge in [0.1, 0.15) is 11.4 Å². The first kappa shape index (κ1) is 21.4. The molecule has 2 aromatic carbocycles. The number of hydrogen-bond donors (Lipinski definition) is 1. The lowest BCUT2D eigenvalue weighted by atomic mass is 10.1. The van der Waals surface area contributed by atoms with E-state index < -0.39 is 23.8 Å². The molecule has 6 nitrogen and oxygen atoms in total. The van der Waals surface area contributed by atoms with Crippen LogP contribution in [0, 0.1) is 6.92 Å². The van der Waals surface area contributed by atoms with Gasteiger partial charge in [-0.3, -0.25) is 0 Å². The summed E-state index contributed by atoms with van der Waals surface area (Å²) in [5, 5.41) is 10.4. The van der Waals surface area contributed by atoms with Gasteiger partial charge in [-0.1, -0.05) is 29.8 Å². The fourth-order valence-electron chi connectivity index (χ4n) is 2.48. The normalized spacial score (nSPS) is 12.2. The first-order chi connectivity index (χ1) is 13.0. The van der Waals surface area contributed by atoms with Gasteiger partial charge < -0.3 is 19.5 Å². The Labute approximate surface area is 165 Å². The zero-order valence-electron chi connectivity index (χ0n) is 16.9. The highest BCUT2D eigenvalue weighted by Gasteiger charge is 2.22. The fraction of sp³-hybridized carbons (Fsp3) is 0.364. The van der Waals surface area contributed by atoms with Crippen molar-refractivity contribution in [3.05, 3.63) is 65.2 Å². The smallest absolute Gasteiger partial charge is 0.410 e. The largest absolute Gasteiger partial charge is 0.444 e. The van der Waals surface area contributed by atoms with Gasteiger partial charge in [0.2, 0.25) is 0 Å². The van der Waals surface area contributed by atoms with Crippen molar-refractivity contribution in [2.75, 3.05) is 13.6 Å². The van der Waals surface area contributed by atoms with E-state index in [2.05, 4.69) is 0 Å². The molecule has 0 saturated heterocycles. The lowest BCUT2D eigenvalue weighted by Crippen LogP contribution is -2.36. The van der Waals surface area contributed by atoms with Crippen molar-refractivity contribution in [1.82, 2.24) is 4.90 Å². The van der Waals surface area contributed by atoms with Crippen molar-refractivity contribution in [3.8, 4) is 5.75 Å². The Morgan fingerprint density at radius 2 is 1.75 bits per heavy atom. The predicted molar refractivity (Wildman–Crippen MR) is 106 cm³/mol. The first-order valence-corrected chi connectivity index (χ1v) is 9.06. The topological polar surface area (TPSA) is 76.1 Å². The second kappa shape index (κ2) is 8.89. The number of esters is 1. The van der Waals surface area contributed by atoms with Crippen molar-refractivity contribution in [1.29, 1.82) is 0 Å². The van der Waals surface area contributed by atoms with E-state index in [4.69, 9.17) is 9.47 Å². The number of likely N-dealkylation sites (N-methyl/N-ethyl adjacent to an activating group) is 1. The number of rotatable bonds is 5. The Morgan fingerprint density at radius 3 is 2.32 bits per heavy atom. The SMILES string of the molecule is Cc1cccc(C(=O)Oc2ccc(C(O)CN(C)C(=O)OC(C)(C)C)cc2)c1. The van der Waals surface area contributed by atoms with E-state index in [9.17, 15) is 14.7 Å². The molecule has 0 fully saturated rings. The van der Waals surface area contributed by atoms with Gasteiger partial charge in [0, 0.05) is 7.05 Å². The fourth-order valence-corrected chi connectivity index (χ4v) is 2.48. The highest BCUT2D eigenvalue weighted by atomic mass is 16.6. The van der Waals surface area contributed by atoms with Gasteiger partial charge in [-0.05, 0) is 57.5 Å². The number of aliphatic hydroxyl groups is 1. The summed E-state index contributed by atoms with van der Waals surface area (Å²) in [7, 11) is 1.56. The maximum atomic E-state index is 12.2. The Hall–Kier alpha value is -2.86. The molecule has 0 aliphatic heterocycles. The molecule has 0 bridgehead atoms. The molecular formula is C22H27NO5. The number of hydrogen-bond acceptors (Lipinski definition) is 5. The van der Waals surface area contributed by atoms with Gasteiger partial charge in [-0.15, -0.1) is 0 Å². The van der Waals surface area contributed by atoms with E-state index >= 15 is 0 Å². The molecule has 0 saturated carbocycles. The van der Waals surface area contributed by atoms with Crippen LogP contribution in [0.4, 0.5) is 4.79 Å². The average molecular weight is 385 g/mol. The predicted octanol–water partition coefficient (Wildman–Crippen LogP) is 4.11. The van der Waals surface area contributed by atoms with Gasteiger partial charge in [0.15, 0.2) is 0 Å². The molecule has 2 rings (SSSR count). The van der Waals surface area contributed by atoms with E-state index in [0.717, 1.165) is 5.56 Å². The molecule has 2 aromatic rings. The number of carbonyl (C=O) groups is 2. The lowest BCUT2D eigenvalue weighted by Gasteiger charge is -2.26. The van der Waals surface area contributed by atoms with E-state index in [0.29, 0.717) is 16.9 Å². The molecule has 0 aromatic heterocycles. The van der Waals surface area contributed by atoms with Crippen LogP contribution in [-0.4, -0.2) is 41.3 Å². The molecule has 0 spiro atoms. The molecular weight excluding hydrogens is 358 g/mol. The third-order valence-electron chi connectivity index (χ3n) is 3.88. The highest BCUT2D eigenvalue weighted by Crippen LogP contribution is 2.20. The van der Waals surface area contributed by atoms with E-state index in [1.54, 1.807) is 70.3 Å². The molecule has 1 amide bonds. The summed E-state index contributed by atoms with van der Waals surface area (Å²) in [5.74, 6) is -0.0652. The van der Waals surface area contributed by atoms with Crippen molar-refractivity contribution in [2.45, 2.75) is 39.4 Å². The molecule has 1 atom stereocenters. The number of benzene rings is 2. The molecule has 1 N–H and O–H groups in total. The lowest BCUT2D eigenvalue weighted by molar-refractivity contribution is 0.0205. The summed E-state index contributed by atoms with van der Waals surface area (Å²) >= 11 is 0. The quantitative estimate of drug-likeness (QED) is 0.619. The van der Waals surface area contributed by atoms with Gasteiger partial charge in [-0.25, -0.2) is 9.59 Å². The van der Waals surface area contributed by atoms with Crippen molar-refractivity contribution in [3.63, 3.8) is 0 Å². The maximum absolute atomic E-state index is 12.2. The van der Waals surface area contributed by atoms with Crippen molar-refractivity contribution < 1.29 is 24.2 Å². The van der Waals surface area contributed by atoms with Gasteiger partial charge in [0.25, 0.3) is 0 Å². The molecule has 1 unspecified atom stereocenters. The Kier molecular flexibility index (Phi) is 6.80. The van der Waals surface area contributed by atoms with Crippen LogP contribution in [0.3, 0.4) is 0 Å². The molecule has 150 valence electrons. The van der Waals surface area contributed by atoms with Crippen LogP contribution in [0.15, 0.2) is 48.5 Å². The second-order valence-electron chi connectivity index (χ2n) is 7.70. The zero-order chi connectivity index (χ0) is 20.9. The maximum Gasteiger partial charge on any atom is 0.410 e. The van der Waals surface area contributed by atoms with Crippen LogP contribution in [-0.2, 0) is 4.74 Å². The third kappa shape index (κ3) is 6.39. The average Bonchev–Trinajstić information content (AvgIpc) is 2.60. The van der Waals surface area contributed by atoms with Crippen LogP contribution < -0.4 is 4.74 Å². The minimum Gasteiger partial charge on any atom is -0.444 e. The standard InChI is InChI=1S/C22H27NO5/c1-15-7-6-8-17(13-15)20(25)27-18-11-9-16(10-12-18)19(24)14-23(5)21(26)28-22(2,3)4/h6-13,19,24H,14H2,1-5H3.